The van der Waals surface area contributed by atoms with E-state index in [9.17, 15) is 8.42 Å². The number of hydrogen-bond acceptors (Lipinski definition) is 4. The summed E-state index contributed by atoms with van der Waals surface area (Å²) in [5.41, 5.74) is 1.96. The lowest BCUT2D eigenvalue weighted by atomic mass is 10.2. The molecule has 0 radical (unpaired) electrons. The zero-order valence-electron chi connectivity index (χ0n) is 14.1. The maximum absolute atomic E-state index is 13.0. The van der Waals surface area contributed by atoms with Crippen molar-refractivity contribution in [2.75, 3.05) is 38.1 Å². The zero-order valence-corrected chi connectivity index (χ0v) is 15.0. The highest BCUT2D eigenvalue weighted by Crippen LogP contribution is 2.33. The first kappa shape index (κ1) is 16.2. The third-order valence-corrected chi connectivity index (χ3v) is 6.65. The van der Waals surface area contributed by atoms with Gasteiger partial charge in [0.15, 0.2) is 0 Å². The maximum Gasteiger partial charge on any atom is 0.208 e. The van der Waals surface area contributed by atoms with Crippen molar-refractivity contribution in [2.45, 2.75) is 9.79 Å². The van der Waals surface area contributed by atoms with Crippen molar-refractivity contribution >= 4 is 26.4 Å². The number of para-hydroxylation sites is 1. The number of hydrogen-bond donors (Lipinski definition) is 1. The molecule has 0 saturated carbocycles. The first-order chi connectivity index (χ1) is 12.1. The van der Waals surface area contributed by atoms with Gasteiger partial charge in [0.05, 0.1) is 21.0 Å². The van der Waals surface area contributed by atoms with Gasteiger partial charge < -0.3 is 14.8 Å². The molecule has 0 bridgehead atoms. The van der Waals surface area contributed by atoms with Crippen LogP contribution in [0.15, 0.2) is 64.5 Å². The second-order valence-corrected chi connectivity index (χ2v) is 8.38. The summed E-state index contributed by atoms with van der Waals surface area (Å²) in [6.07, 6.45) is 1.62. The number of fused-ring (bicyclic) bond motifs is 1. The van der Waals surface area contributed by atoms with E-state index in [1.807, 2.05) is 18.2 Å². The van der Waals surface area contributed by atoms with E-state index < -0.39 is 9.84 Å². The lowest BCUT2D eigenvalue weighted by molar-refractivity contribution is 0.313. The van der Waals surface area contributed by atoms with Crippen LogP contribution in [-0.4, -0.2) is 51.5 Å². The molecule has 2 heterocycles. The molecule has 2 aromatic carbocycles. The first-order valence-electron chi connectivity index (χ1n) is 8.41. The maximum atomic E-state index is 13.0. The number of nitrogens with zero attached hydrogens (tertiary/aromatic N) is 2. The molecule has 4 rings (SSSR count). The summed E-state index contributed by atoms with van der Waals surface area (Å²) >= 11 is 0. The number of rotatable bonds is 3. The second-order valence-electron chi connectivity index (χ2n) is 6.46. The molecule has 1 saturated heterocycles. The minimum atomic E-state index is -3.54. The fraction of sp³-hybridized carbons (Fsp3) is 0.263. The van der Waals surface area contributed by atoms with E-state index in [1.54, 1.807) is 30.5 Å². The Balaban J connectivity index is 1.80. The highest BCUT2D eigenvalue weighted by atomic mass is 32.2. The van der Waals surface area contributed by atoms with E-state index in [-0.39, 0.29) is 0 Å². The average molecular weight is 355 g/mol. The summed E-state index contributed by atoms with van der Waals surface area (Å²) in [6.45, 7) is 3.89. The van der Waals surface area contributed by atoms with Crippen LogP contribution in [0.4, 0.5) is 5.69 Å². The van der Waals surface area contributed by atoms with Crippen LogP contribution >= 0.6 is 0 Å². The van der Waals surface area contributed by atoms with Crippen molar-refractivity contribution in [3.05, 3.63) is 54.7 Å². The number of aromatic nitrogens is 1. The van der Waals surface area contributed by atoms with Crippen molar-refractivity contribution in [3.8, 4) is 0 Å². The molecule has 0 atom stereocenters. The number of anilines is 1. The predicted octanol–water partition coefficient (Wildman–Crippen LogP) is 2.75. The minimum absolute atomic E-state index is 0.320. The van der Waals surface area contributed by atoms with Crippen LogP contribution in [0.25, 0.3) is 10.9 Å². The van der Waals surface area contributed by atoms with Crippen LogP contribution in [0.5, 0.6) is 0 Å². The topological polar surface area (TPSA) is 56.4 Å². The van der Waals surface area contributed by atoms with E-state index in [0.29, 0.717) is 9.79 Å². The molecule has 1 aliphatic rings. The molecule has 3 aromatic rings. The van der Waals surface area contributed by atoms with E-state index in [4.69, 9.17) is 0 Å². The Morgan fingerprint density at radius 1 is 0.920 bits per heavy atom. The summed E-state index contributed by atoms with van der Waals surface area (Å²) < 4.78 is 26.0. The number of H-pyrrole nitrogens is 1. The minimum Gasteiger partial charge on any atom is -0.367 e. The Kier molecular flexibility index (Phi) is 4.01. The van der Waals surface area contributed by atoms with Gasteiger partial charge in [-0.3, -0.25) is 0 Å². The Hall–Kier alpha value is -2.31. The van der Waals surface area contributed by atoms with Crippen LogP contribution in [0.3, 0.4) is 0 Å². The van der Waals surface area contributed by atoms with Gasteiger partial charge in [-0.2, -0.15) is 0 Å². The molecule has 130 valence electrons. The Morgan fingerprint density at radius 3 is 2.36 bits per heavy atom. The Labute approximate surface area is 147 Å². The summed E-state index contributed by atoms with van der Waals surface area (Å²) in [5.74, 6) is 0. The van der Waals surface area contributed by atoms with Crippen molar-refractivity contribution in [1.29, 1.82) is 0 Å². The lowest BCUT2D eigenvalue weighted by Crippen LogP contribution is -2.44. The Bertz CT molecular complexity index is 988. The third kappa shape index (κ3) is 2.81. The van der Waals surface area contributed by atoms with Gasteiger partial charge >= 0.3 is 0 Å². The van der Waals surface area contributed by atoms with Gasteiger partial charge in [0.1, 0.15) is 0 Å². The summed E-state index contributed by atoms with van der Waals surface area (Å²) in [6, 6.07) is 14.5. The molecule has 0 spiro atoms. The predicted molar refractivity (Wildman–Crippen MR) is 99.9 cm³/mol. The fourth-order valence-electron chi connectivity index (χ4n) is 3.37. The number of piperazine rings is 1. The monoisotopic (exact) mass is 355 g/mol. The molecule has 1 fully saturated rings. The molecule has 0 aliphatic carbocycles. The number of sulfone groups is 1. The van der Waals surface area contributed by atoms with E-state index in [2.05, 4.69) is 27.9 Å². The summed E-state index contributed by atoms with van der Waals surface area (Å²) in [7, 11) is -1.41. The summed E-state index contributed by atoms with van der Waals surface area (Å²) in [5, 5.41) is 0.750. The van der Waals surface area contributed by atoms with E-state index in [0.717, 1.165) is 42.8 Å². The molecular weight excluding hydrogens is 334 g/mol. The molecule has 1 N–H and O–H groups in total. The standard InChI is InChI=1S/C19H21N3O2S/c1-21-10-12-22(13-11-21)17-9-5-8-16-18(14-20-19(16)17)25(23,24)15-6-3-2-4-7-15/h2-9,14,20H,10-13H2,1H3. The fourth-order valence-corrected chi connectivity index (χ4v) is 4.82. The first-order valence-corrected chi connectivity index (χ1v) is 9.89. The number of benzene rings is 2. The molecule has 0 amide bonds. The second kappa shape index (κ2) is 6.20. The van der Waals surface area contributed by atoms with Gasteiger partial charge in [0.25, 0.3) is 0 Å². The Morgan fingerprint density at radius 2 is 1.64 bits per heavy atom. The van der Waals surface area contributed by atoms with Gasteiger partial charge in [-0.25, -0.2) is 8.42 Å². The van der Waals surface area contributed by atoms with Gasteiger partial charge in [-0.1, -0.05) is 30.3 Å². The van der Waals surface area contributed by atoms with Crippen molar-refractivity contribution in [1.82, 2.24) is 9.88 Å². The van der Waals surface area contributed by atoms with Gasteiger partial charge in [0, 0.05) is 37.8 Å². The van der Waals surface area contributed by atoms with Gasteiger partial charge in [-0.15, -0.1) is 0 Å². The zero-order chi connectivity index (χ0) is 17.4. The van der Waals surface area contributed by atoms with Crippen molar-refractivity contribution in [2.24, 2.45) is 0 Å². The molecule has 5 nitrogen and oxygen atoms in total. The molecule has 1 aromatic heterocycles. The average Bonchev–Trinajstić information content (AvgIpc) is 3.08. The van der Waals surface area contributed by atoms with Crippen molar-refractivity contribution < 1.29 is 8.42 Å². The largest absolute Gasteiger partial charge is 0.367 e. The summed E-state index contributed by atoms with van der Waals surface area (Å²) in [4.78, 5) is 8.48. The quantitative estimate of drug-likeness (QED) is 0.785. The van der Waals surface area contributed by atoms with E-state index >= 15 is 0 Å². The van der Waals surface area contributed by atoms with Crippen LogP contribution in [0, 0.1) is 0 Å². The van der Waals surface area contributed by atoms with Gasteiger partial charge in [0.2, 0.25) is 9.84 Å². The molecular formula is C19H21N3O2S. The number of aromatic amines is 1. The van der Waals surface area contributed by atoms with Crippen LogP contribution < -0.4 is 4.90 Å². The third-order valence-electron chi connectivity index (χ3n) is 4.84. The van der Waals surface area contributed by atoms with Crippen LogP contribution in [0.2, 0.25) is 0 Å². The lowest BCUT2D eigenvalue weighted by Gasteiger charge is -2.34. The van der Waals surface area contributed by atoms with Crippen LogP contribution in [-0.2, 0) is 9.84 Å². The highest BCUT2D eigenvalue weighted by molar-refractivity contribution is 7.91. The van der Waals surface area contributed by atoms with E-state index in [1.165, 1.54) is 0 Å². The number of likely N-dealkylation sites (N-methyl/N-ethyl adjacent to an activating group) is 1. The number of nitrogens with one attached hydrogen (secondary N) is 1. The molecule has 1 aliphatic heterocycles. The van der Waals surface area contributed by atoms with Crippen LogP contribution in [0.1, 0.15) is 0 Å². The molecule has 0 unspecified atom stereocenters. The highest BCUT2D eigenvalue weighted by Gasteiger charge is 2.24. The normalized spacial score (nSPS) is 16.4. The smallest absolute Gasteiger partial charge is 0.208 e. The SMILES string of the molecule is CN1CCN(c2cccc3c(S(=O)(=O)c4ccccc4)c[nH]c23)CC1. The van der Waals surface area contributed by atoms with Crippen molar-refractivity contribution in [3.63, 3.8) is 0 Å². The molecule has 6 heteroatoms. The molecule has 25 heavy (non-hydrogen) atoms. The van der Waals surface area contributed by atoms with Gasteiger partial charge in [-0.05, 0) is 25.2 Å².